The molecule has 0 atom stereocenters. The zero-order chi connectivity index (χ0) is 8.97. The molecule has 0 N–H and O–H groups in total. The Labute approximate surface area is 82.3 Å². The number of pyridine rings is 1. The van der Waals surface area contributed by atoms with E-state index in [-0.39, 0.29) is 0 Å². The van der Waals surface area contributed by atoms with Gasteiger partial charge in [-0.05, 0) is 25.0 Å². The van der Waals surface area contributed by atoms with E-state index in [9.17, 15) is 0 Å². The van der Waals surface area contributed by atoms with Crippen LogP contribution in [0.4, 0.5) is 0 Å². The number of aromatic nitrogens is 1. The quantitative estimate of drug-likeness (QED) is 0.723. The molecular weight excluding hydrogens is 214 g/mol. The first-order chi connectivity index (χ1) is 5.77. The highest BCUT2D eigenvalue weighted by molar-refractivity contribution is 9.08. The molecule has 1 nitrogen and oxygen atoms in total. The van der Waals surface area contributed by atoms with E-state index in [1.165, 1.54) is 17.7 Å². The SMILES string of the molecule is CCCc1ccc(CBr)c(C)n1. The summed E-state index contributed by atoms with van der Waals surface area (Å²) in [6.45, 7) is 4.24. The highest BCUT2D eigenvalue weighted by Crippen LogP contribution is 2.11. The summed E-state index contributed by atoms with van der Waals surface area (Å²) < 4.78 is 0. The van der Waals surface area contributed by atoms with Crippen molar-refractivity contribution in [3.05, 3.63) is 29.1 Å². The number of nitrogens with zero attached hydrogens (tertiary/aromatic N) is 1. The van der Waals surface area contributed by atoms with Gasteiger partial charge in [-0.15, -0.1) is 0 Å². The second-order valence-corrected chi connectivity index (χ2v) is 3.49. The van der Waals surface area contributed by atoms with Crippen molar-refractivity contribution in [2.75, 3.05) is 0 Å². The Morgan fingerprint density at radius 1 is 1.42 bits per heavy atom. The molecule has 0 unspecified atom stereocenters. The average Bonchev–Trinajstić information content (AvgIpc) is 2.05. The molecule has 1 aromatic rings. The molecule has 0 bridgehead atoms. The van der Waals surface area contributed by atoms with Crippen LogP contribution in [0.1, 0.15) is 30.3 Å². The van der Waals surface area contributed by atoms with Crippen molar-refractivity contribution in [3.8, 4) is 0 Å². The minimum atomic E-state index is 0.901. The number of aryl methyl sites for hydroxylation is 2. The standard InChI is InChI=1S/C10H14BrN/c1-3-4-10-6-5-9(7-11)8(2)12-10/h5-6H,3-4,7H2,1-2H3. The average molecular weight is 228 g/mol. The lowest BCUT2D eigenvalue weighted by molar-refractivity contribution is 0.870. The smallest absolute Gasteiger partial charge is 0.0416 e. The van der Waals surface area contributed by atoms with Crippen LogP contribution in [0, 0.1) is 6.92 Å². The fourth-order valence-electron chi connectivity index (χ4n) is 1.18. The molecule has 0 aliphatic heterocycles. The van der Waals surface area contributed by atoms with Crippen molar-refractivity contribution < 1.29 is 0 Å². The molecule has 0 saturated carbocycles. The van der Waals surface area contributed by atoms with Crippen LogP contribution < -0.4 is 0 Å². The first kappa shape index (κ1) is 9.72. The van der Waals surface area contributed by atoms with E-state index in [0.717, 1.165) is 17.4 Å². The van der Waals surface area contributed by atoms with Gasteiger partial charge < -0.3 is 0 Å². The number of hydrogen-bond acceptors (Lipinski definition) is 1. The lowest BCUT2D eigenvalue weighted by atomic mass is 10.1. The van der Waals surface area contributed by atoms with Crippen LogP contribution in [-0.4, -0.2) is 4.98 Å². The molecule has 1 aromatic heterocycles. The maximum absolute atomic E-state index is 4.50. The molecule has 0 radical (unpaired) electrons. The maximum Gasteiger partial charge on any atom is 0.0416 e. The van der Waals surface area contributed by atoms with Crippen LogP contribution in [0.5, 0.6) is 0 Å². The zero-order valence-electron chi connectivity index (χ0n) is 7.60. The van der Waals surface area contributed by atoms with Crippen molar-refractivity contribution in [2.45, 2.75) is 32.0 Å². The monoisotopic (exact) mass is 227 g/mol. The van der Waals surface area contributed by atoms with Crippen LogP contribution in [0.3, 0.4) is 0 Å². The summed E-state index contributed by atoms with van der Waals surface area (Å²) >= 11 is 3.43. The molecule has 2 heteroatoms. The summed E-state index contributed by atoms with van der Waals surface area (Å²) in [7, 11) is 0. The first-order valence-corrected chi connectivity index (χ1v) is 5.41. The van der Waals surface area contributed by atoms with Gasteiger partial charge in [0.1, 0.15) is 0 Å². The number of halogens is 1. The Morgan fingerprint density at radius 3 is 2.67 bits per heavy atom. The summed E-state index contributed by atoms with van der Waals surface area (Å²) in [5, 5.41) is 0.901. The van der Waals surface area contributed by atoms with Gasteiger partial charge in [-0.2, -0.15) is 0 Å². The highest BCUT2D eigenvalue weighted by atomic mass is 79.9. The lowest BCUT2D eigenvalue weighted by Gasteiger charge is -2.03. The molecule has 12 heavy (non-hydrogen) atoms. The molecular formula is C10H14BrN. The molecule has 0 spiro atoms. The molecule has 66 valence electrons. The third-order valence-electron chi connectivity index (χ3n) is 1.90. The number of alkyl halides is 1. The zero-order valence-corrected chi connectivity index (χ0v) is 9.19. The normalized spacial score (nSPS) is 10.2. The third-order valence-corrected chi connectivity index (χ3v) is 2.51. The van der Waals surface area contributed by atoms with E-state index in [4.69, 9.17) is 0 Å². The van der Waals surface area contributed by atoms with Gasteiger partial charge in [0.05, 0.1) is 0 Å². The third kappa shape index (κ3) is 2.31. The van der Waals surface area contributed by atoms with Crippen molar-refractivity contribution in [1.29, 1.82) is 0 Å². The number of rotatable bonds is 3. The fourth-order valence-corrected chi connectivity index (χ4v) is 1.77. The molecule has 1 heterocycles. The van der Waals surface area contributed by atoms with Crippen molar-refractivity contribution in [1.82, 2.24) is 4.98 Å². The van der Waals surface area contributed by atoms with Crippen LogP contribution in [0.25, 0.3) is 0 Å². The summed E-state index contributed by atoms with van der Waals surface area (Å²) in [5.41, 5.74) is 3.65. The Bertz CT molecular complexity index is 258. The fraction of sp³-hybridized carbons (Fsp3) is 0.500. The van der Waals surface area contributed by atoms with E-state index >= 15 is 0 Å². The van der Waals surface area contributed by atoms with Crippen LogP contribution >= 0.6 is 15.9 Å². The van der Waals surface area contributed by atoms with Gasteiger partial charge in [-0.25, -0.2) is 0 Å². The Hall–Kier alpha value is -0.370. The summed E-state index contributed by atoms with van der Waals surface area (Å²) in [6.07, 6.45) is 2.25. The topological polar surface area (TPSA) is 12.9 Å². The minimum Gasteiger partial charge on any atom is -0.258 e. The minimum absolute atomic E-state index is 0.901. The van der Waals surface area contributed by atoms with Crippen molar-refractivity contribution in [3.63, 3.8) is 0 Å². The Morgan fingerprint density at radius 2 is 2.17 bits per heavy atom. The van der Waals surface area contributed by atoms with Gasteiger partial charge in [-0.3, -0.25) is 4.98 Å². The summed E-state index contributed by atoms with van der Waals surface area (Å²) in [6, 6.07) is 4.27. The predicted molar refractivity (Wildman–Crippen MR) is 55.6 cm³/mol. The molecule has 0 aliphatic carbocycles. The largest absolute Gasteiger partial charge is 0.258 e. The van der Waals surface area contributed by atoms with Crippen LogP contribution in [-0.2, 0) is 11.8 Å². The second-order valence-electron chi connectivity index (χ2n) is 2.93. The Kier molecular flexibility index (Phi) is 3.73. The van der Waals surface area contributed by atoms with Crippen LogP contribution in [0.2, 0.25) is 0 Å². The van der Waals surface area contributed by atoms with E-state index in [0.29, 0.717) is 0 Å². The maximum atomic E-state index is 4.50. The van der Waals surface area contributed by atoms with Gasteiger partial charge in [-0.1, -0.05) is 35.3 Å². The predicted octanol–water partition coefficient (Wildman–Crippen LogP) is 3.24. The van der Waals surface area contributed by atoms with Gasteiger partial charge in [0.25, 0.3) is 0 Å². The van der Waals surface area contributed by atoms with Crippen LogP contribution in [0.15, 0.2) is 12.1 Å². The van der Waals surface area contributed by atoms with E-state index in [1.54, 1.807) is 0 Å². The number of hydrogen-bond donors (Lipinski definition) is 0. The molecule has 0 saturated heterocycles. The van der Waals surface area contributed by atoms with Crippen molar-refractivity contribution >= 4 is 15.9 Å². The molecule has 1 rings (SSSR count). The molecule has 0 aliphatic rings. The van der Waals surface area contributed by atoms with E-state index in [2.05, 4.69) is 46.9 Å². The lowest BCUT2D eigenvalue weighted by Crippen LogP contribution is -1.95. The summed E-state index contributed by atoms with van der Waals surface area (Å²) in [5.74, 6) is 0. The van der Waals surface area contributed by atoms with Crippen molar-refractivity contribution in [2.24, 2.45) is 0 Å². The first-order valence-electron chi connectivity index (χ1n) is 4.29. The highest BCUT2D eigenvalue weighted by Gasteiger charge is 1.98. The van der Waals surface area contributed by atoms with E-state index < -0.39 is 0 Å². The van der Waals surface area contributed by atoms with Gasteiger partial charge >= 0.3 is 0 Å². The second kappa shape index (κ2) is 4.61. The van der Waals surface area contributed by atoms with E-state index in [1.807, 2.05) is 0 Å². The van der Waals surface area contributed by atoms with Gasteiger partial charge in [0, 0.05) is 16.7 Å². The Balaban J connectivity index is 2.86. The van der Waals surface area contributed by atoms with Gasteiger partial charge in [0.15, 0.2) is 0 Å². The summed E-state index contributed by atoms with van der Waals surface area (Å²) in [4.78, 5) is 4.50. The molecule has 0 fully saturated rings. The molecule has 0 amide bonds. The molecule has 0 aromatic carbocycles. The van der Waals surface area contributed by atoms with Gasteiger partial charge in [0.2, 0.25) is 0 Å².